The lowest BCUT2D eigenvalue weighted by atomic mass is 10.0. The van der Waals surface area contributed by atoms with Crippen LogP contribution >= 0.6 is 0 Å². The average Bonchev–Trinajstić information content (AvgIpc) is 2.77. The van der Waals surface area contributed by atoms with E-state index in [4.69, 9.17) is 4.74 Å². The Kier molecular flexibility index (Phi) is 7.03. The zero-order valence-electron chi connectivity index (χ0n) is 17.0. The maximum absolute atomic E-state index is 13.3. The SMILES string of the molecule is COc1cccc(CC(c2ccccc2)S(=O)(=O)NCc2cccc(C(C)=O)c2)c1. The number of benzene rings is 3. The van der Waals surface area contributed by atoms with Crippen molar-refractivity contribution in [2.45, 2.75) is 25.1 Å². The van der Waals surface area contributed by atoms with E-state index in [0.29, 0.717) is 23.3 Å². The van der Waals surface area contributed by atoms with Gasteiger partial charge in [-0.3, -0.25) is 4.79 Å². The molecule has 0 heterocycles. The molecular weight excluding hydrogens is 398 g/mol. The molecule has 0 aliphatic carbocycles. The number of hydrogen-bond donors (Lipinski definition) is 1. The summed E-state index contributed by atoms with van der Waals surface area (Å²) in [5.41, 5.74) is 2.87. The molecule has 0 bridgehead atoms. The molecule has 0 spiro atoms. The molecule has 0 aromatic heterocycles. The molecule has 1 N–H and O–H groups in total. The van der Waals surface area contributed by atoms with Crippen LogP contribution in [0.3, 0.4) is 0 Å². The van der Waals surface area contributed by atoms with Crippen LogP contribution in [-0.2, 0) is 23.0 Å². The summed E-state index contributed by atoms with van der Waals surface area (Å²) >= 11 is 0. The lowest BCUT2D eigenvalue weighted by Crippen LogP contribution is -2.30. The third-order valence-corrected chi connectivity index (χ3v) is 6.65. The number of hydrogen-bond acceptors (Lipinski definition) is 4. The van der Waals surface area contributed by atoms with Crippen molar-refractivity contribution >= 4 is 15.8 Å². The van der Waals surface area contributed by atoms with Crippen molar-refractivity contribution < 1.29 is 17.9 Å². The van der Waals surface area contributed by atoms with Gasteiger partial charge in [-0.1, -0.05) is 60.7 Å². The zero-order valence-corrected chi connectivity index (χ0v) is 17.9. The smallest absolute Gasteiger partial charge is 0.219 e. The number of nitrogens with one attached hydrogen (secondary N) is 1. The summed E-state index contributed by atoms with van der Waals surface area (Å²) in [5, 5.41) is -0.762. The van der Waals surface area contributed by atoms with E-state index in [1.54, 1.807) is 31.4 Å². The summed E-state index contributed by atoms with van der Waals surface area (Å²) in [4.78, 5) is 11.6. The van der Waals surface area contributed by atoms with Crippen LogP contribution in [0.2, 0.25) is 0 Å². The number of carbonyl (C=O) groups is 1. The van der Waals surface area contributed by atoms with Gasteiger partial charge >= 0.3 is 0 Å². The molecule has 30 heavy (non-hydrogen) atoms. The van der Waals surface area contributed by atoms with Gasteiger partial charge in [0.05, 0.1) is 7.11 Å². The largest absolute Gasteiger partial charge is 0.497 e. The van der Waals surface area contributed by atoms with Gasteiger partial charge in [0.1, 0.15) is 11.0 Å². The number of ketones is 1. The van der Waals surface area contributed by atoms with Gasteiger partial charge in [-0.2, -0.15) is 0 Å². The number of carbonyl (C=O) groups excluding carboxylic acids is 1. The van der Waals surface area contributed by atoms with Crippen molar-refractivity contribution in [1.82, 2.24) is 4.72 Å². The summed E-state index contributed by atoms with van der Waals surface area (Å²) in [6.07, 6.45) is 0.310. The fourth-order valence-electron chi connectivity index (χ4n) is 3.27. The summed E-state index contributed by atoms with van der Waals surface area (Å²) in [6, 6.07) is 23.6. The molecule has 0 radical (unpaired) electrons. The number of rotatable bonds is 9. The second-order valence-electron chi connectivity index (χ2n) is 7.08. The second kappa shape index (κ2) is 9.69. The summed E-state index contributed by atoms with van der Waals surface area (Å²) in [6.45, 7) is 1.60. The Morgan fingerprint density at radius 3 is 2.33 bits per heavy atom. The van der Waals surface area contributed by atoms with Crippen molar-refractivity contribution in [3.63, 3.8) is 0 Å². The van der Waals surface area contributed by atoms with Gasteiger partial charge in [-0.15, -0.1) is 0 Å². The molecular formula is C24H25NO4S. The Balaban J connectivity index is 1.86. The lowest BCUT2D eigenvalue weighted by Gasteiger charge is -2.19. The van der Waals surface area contributed by atoms with Gasteiger partial charge < -0.3 is 4.74 Å². The highest BCUT2D eigenvalue weighted by Crippen LogP contribution is 2.27. The second-order valence-corrected chi connectivity index (χ2v) is 9.03. The lowest BCUT2D eigenvalue weighted by molar-refractivity contribution is 0.101. The molecule has 156 valence electrons. The van der Waals surface area contributed by atoms with Crippen LogP contribution in [0.4, 0.5) is 0 Å². The standard InChI is InChI=1S/C24H25NO4S/c1-18(26)22-12-6-9-20(14-22)17-25-30(27,28)24(21-10-4-3-5-11-21)16-19-8-7-13-23(15-19)29-2/h3-15,24-25H,16-17H2,1-2H3. The maximum Gasteiger partial charge on any atom is 0.219 e. The van der Waals surface area contributed by atoms with E-state index in [1.165, 1.54) is 6.92 Å². The minimum absolute atomic E-state index is 0.0557. The molecule has 0 saturated heterocycles. The number of Topliss-reactive ketones (excluding diaryl/α,β-unsaturated/α-hetero) is 1. The number of methoxy groups -OCH3 is 1. The van der Waals surface area contributed by atoms with Gasteiger partial charge in [0.2, 0.25) is 10.0 Å². The van der Waals surface area contributed by atoms with E-state index in [9.17, 15) is 13.2 Å². The van der Waals surface area contributed by atoms with E-state index in [0.717, 1.165) is 11.1 Å². The highest BCUT2D eigenvalue weighted by molar-refractivity contribution is 7.89. The molecule has 3 aromatic rings. The van der Waals surface area contributed by atoms with Crippen LogP contribution < -0.4 is 9.46 Å². The summed E-state index contributed by atoms with van der Waals surface area (Å²) < 4.78 is 34.5. The molecule has 1 unspecified atom stereocenters. The van der Waals surface area contributed by atoms with Gasteiger partial charge in [0.15, 0.2) is 5.78 Å². The Morgan fingerprint density at radius 1 is 0.933 bits per heavy atom. The number of sulfonamides is 1. The first-order valence-corrected chi connectivity index (χ1v) is 11.2. The van der Waals surface area contributed by atoms with Gasteiger partial charge in [0.25, 0.3) is 0 Å². The van der Waals surface area contributed by atoms with E-state index in [2.05, 4.69) is 4.72 Å². The highest BCUT2D eigenvalue weighted by Gasteiger charge is 2.27. The van der Waals surface area contributed by atoms with Crippen LogP contribution in [0.25, 0.3) is 0 Å². The first-order valence-electron chi connectivity index (χ1n) is 9.65. The van der Waals surface area contributed by atoms with Crippen molar-refractivity contribution in [3.8, 4) is 5.75 Å². The predicted molar refractivity (Wildman–Crippen MR) is 118 cm³/mol. The third kappa shape index (κ3) is 5.55. The van der Waals surface area contributed by atoms with Crippen LogP contribution in [0, 0.1) is 0 Å². The molecule has 0 aliphatic heterocycles. The average molecular weight is 424 g/mol. The molecule has 0 amide bonds. The van der Waals surface area contributed by atoms with Gasteiger partial charge in [0, 0.05) is 12.1 Å². The molecule has 1 atom stereocenters. The first kappa shape index (κ1) is 21.7. The van der Waals surface area contributed by atoms with E-state index in [1.807, 2.05) is 54.6 Å². The van der Waals surface area contributed by atoms with E-state index < -0.39 is 15.3 Å². The Morgan fingerprint density at radius 2 is 1.63 bits per heavy atom. The normalized spacial score (nSPS) is 12.3. The van der Waals surface area contributed by atoms with E-state index in [-0.39, 0.29) is 12.3 Å². The minimum Gasteiger partial charge on any atom is -0.497 e. The van der Waals surface area contributed by atoms with Crippen LogP contribution in [0.5, 0.6) is 5.75 Å². The Labute approximate surface area is 177 Å². The van der Waals surface area contributed by atoms with Gasteiger partial charge in [-0.05, 0) is 48.2 Å². The molecule has 0 aliphatic rings. The Hall–Kier alpha value is -2.96. The van der Waals surface area contributed by atoms with E-state index >= 15 is 0 Å². The topological polar surface area (TPSA) is 72.5 Å². The van der Waals surface area contributed by atoms with Crippen LogP contribution in [-0.4, -0.2) is 21.3 Å². The highest BCUT2D eigenvalue weighted by atomic mass is 32.2. The van der Waals surface area contributed by atoms with Crippen LogP contribution in [0.1, 0.15) is 39.2 Å². The summed E-state index contributed by atoms with van der Waals surface area (Å²) in [5.74, 6) is 0.630. The minimum atomic E-state index is -3.70. The fourth-order valence-corrected chi connectivity index (χ4v) is 4.77. The van der Waals surface area contributed by atoms with Gasteiger partial charge in [-0.25, -0.2) is 13.1 Å². The number of ether oxygens (including phenoxy) is 1. The predicted octanol–water partition coefficient (Wildman–Crippen LogP) is 4.30. The molecule has 0 fully saturated rings. The molecule has 0 saturated carbocycles. The van der Waals surface area contributed by atoms with Crippen molar-refractivity contribution in [2.24, 2.45) is 0 Å². The van der Waals surface area contributed by atoms with Crippen molar-refractivity contribution in [1.29, 1.82) is 0 Å². The summed E-state index contributed by atoms with van der Waals surface area (Å²) in [7, 11) is -2.12. The Bertz CT molecular complexity index is 1110. The molecule has 3 rings (SSSR count). The quantitative estimate of drug-likeness (QED) is 0.521. The van der Waals surface area contributed by atoms with Crippen molar-refractivity contribution in [3.05, 3.63) is 101 Å². The fraction of sp³-hybridized carbons (Fsp3) is 0.208. The maximum atomic E-state index is 13.3. The molecule has 3 aromatic carbocycles. The monoisotopic (exact) mass is 423 g/mol. The van der Waals surface area contributed by atoms with Crippen molar-refractivity contribution in [2.75, 3.05) is 7.11 Å². The first-order chi connectivity index (χ1) is 14.4. The molecule has 6 heteroatoms. The van der Waals surface area contributed by atoms with Crippen LogP contribution in [0.15, 0.2) is 78.9 Å². The molecule has 5 nitrogen and oxygen atoms in total. The third-order valence-electron chi connectivity index (χ3n) is 4.91. The zero-order chi connectivity index (χ0) is 21.6.